The van der Waals surface area contributed by atoms with Gasteiger partial charge in [-0.15, -0.1) is 0 Å². The first-order chi connectivity index (χ1) is 13.6. The molecule has 1 atom stereocenters. The number of carbonyl (C=O) groups excluding carboxylic acids is 2. The third-order valence-corrected chi connectivity index (χ3v) is 4.61. The molecular formula is C22H19NO5. The molecule has 6 nitrogen and oxygen atoms in total. The molecule has 0 unspecified atom stereocenters. The summed E-state index contributed by atoms with van der Waals surface area (Å²) < 4.78 is 15.6. The Bertz CT molecular complexity index is 1040. The molecule has 3 aromatic carbocycles. The number of benzene rings is 3. The molecule has 0 saturated carbocycles. The van der Waals surface area contributed by atoms with E-state index in [-0.39, 0.29) is 25.3 Å². The number of carbonyl (C=O) groups is 2. The number of nitrogens with one attached hydrogen (secondary N) is 1. The third-order valence-electron chi connectivity index (χ3n) is 4.61. The van der Waals surface area contributed by atoms with E-state index in [1.807, 2.05) is 49.4 Å². The molecule has 0 radical (unpaired) electrons. The molecule has 1 aliphatic rings. The number of hydrogen-bond donors (Lipinski definition) is 1. The summed E-state index contributed by atoms with van der Waals surface area (Å²) >= 11 is 0. The maximum absolute atomic E-state index is 12.3. The van der Waals surface area contributed by atoms with E-state index in [1.165, 1.54) is 0 Å². The van der Waals surface area contributed by atoms with Crippen molar-refractivity contribution >= 4 is 22.6 Å². The average molecular weight is 377 g/mol. The Morgan fingerprint density at radius 3 is 2.71 bits per heavy atom. The van der Waals surface area contributed by atoms with Crippen molar-refractivity contribution in [3.63, 3.8) is 0 Å². The van der Waals surface area contributed by atoms with Crippen LogP contribution in [0.1, 0.15) is 28.9 Å². The molecule has 28 heavy (non-hydrogen) atoms. The van der Waals surface area contributed by atoms with Crippen LogP contribution in [0.2, 0.25) is 0 Å². The first kappa shape index (κ1) is 17.9. The second-order valence-corrected chi connectivity index (χ2v) is 6.50. The van der Waals surface area contributed by atoms with Gasteiger partial charge in [0.25, 0.3) is 5.91 Å². The highest BCUT2D eigenvalue weighted by molar-refractivity contribution is 5.92. The van der Waals surface area contributed by atoms with Crippen LogP contribution in [0.3, 0.4) is 0 Å². The van der Waals surface area contributed by atoms with Gasteiger partial charge in [-0.3, -0.25) is 4.79 Å². The maximum Gasteiger partial charge on any atom is 0.338 e. The van der Waals surface area contributed by atoms with Gasteiger partial charge in [0.2, 0.25) is 6.79 Å². The minimum absolute atomic E-state index is 0.127. The Balaban J connectivity index is 1.37. The number of amides is 1. The van der Waals surface area contributed by atoms with Crippen LogP contribution in [0.4, 0.5) is 0 Å². The molecule has 1 aliphatic heterocycles. The molecule has 4 rings (SSSR count). The molecule has 1 heterocycles. The lowest BCUT2D eigenvalue weighted by atomic mass is 10.00. The summed E-state index contributed by atoms with van der Waals surface area (Å²) in [4.78, 5) is 24.4. The van der Waals surface area contributed by atoms with E-state index in [1.54, 1.807) is 18.2 Å². The summed E-state index contributed by atoms with van der Waals surface area (Å²) in [6.45, 7) is 1.67. The van der Waals surface area contributed by atoms with E-state index in [9.17, 15) is 9.59 Å². The molecule has 0 fully saturated rings. The predicted octanol–water partition coefficient (Wildman–Crippen LogP) is 3.60. The smallest absolute Gasteiger partial charge is 0.338 e. The Hall–Kier alpha value is -3.54. The topological polar surface area (TPSA) is 73.9 Å². The van der Waals surface area contributed by atoms with Gasteiger partial charge in [-0.05, 0) is 41.5 Å². The highest BCUT2D eigenvalue weighted by Crippen LogP contribution is 2.32. The lowest BCUT2D eigenvalue weighted by Crippen LogP contribution is -2.31. The van der Waals surface area contributed by atoms with E-state index >= 15 is 0 Å². The van der Waals surface area contributed by atoms with Crippen LogP contribution in [0, 0.1) is 0 Å². The first-order valence-electron chi connectivity index (χ1n) is 8.95. The summed E-state index contributed by atoms with van der Waals surface area (Å²) in [5, 5.41) is 5.06. The summed E-state index contributed by atoms with van der Waals surface area (Å²) in [6.07, 6.45) is 0. The van der Waals surface area contributed by atoms with Crippen molar-refractivity contribution < 1.29 is 23.8 Å². The zero-order chi connectivity index (χ0) is 19.5. The van der Waals surface area contributed by atoms with E-state index < -0.39 is 5.97 Å². The zero-order valence-electron chi connectivity index (χ0n) is 15.3. The molecule has 0 aliphatic carbocycles. The first-order valence-corrected chi connectivity index (χ1v) is 8.95. The molecule has 6 heteroatoms. The van der Waals surface area contributed by atoms with Crippen LogP contribution in [0.25, 0.3) is 10.8 Å². The van der Waals surface area contributed by atoms with Gasteiger partial charge in [-0.25, -0.2) is 4.79 Å². The van der Waals surface area contributed by atoms with Gasteiger partial charge in [0, 0.05) is 0 Å². The summed E-state index contributed by atoms with van der Waals surface area (Å²) in [6, 6.07) is 18.5. The lowest BCUT2D eigenvalue weighted by Gasteiger charge is -2.16. The Morgan fingerprint density at radius 1 is 1.04 bits per heavy atom. The highest BCUT2D eigenvalue weighted by Gasteiger charge is 2.18. The summed E-state index contributed by atoms with van der Waals surface area (Å²) in [5.41, 5.74) is 1.31. The molecule has 142 valence electrons. The molecule has 0 bridgehead atoms. The van der Waals surface area contributed by atoms with Crippen molar-refractivity contribution in [3.8, 4) is 11.5 Å². The molecular weight excluding hydrogens is 358 g/mol. The third kappa shape index (κ3) is 3.62. The minimum Gasteiger partial charge on any atom is -0.454 e. The van der Waals surface area contributed by atoms with Gasteiger partial charge >= 0.3 is 5.97 Å². The predicted molar refractivity (Wildman–Crippen MR) is 103 cm³/mol. The molecule has 0 aromatic heterocycles. The number of rotatable bonds is 5. The van der Waals surface area contributed by atoms with E-state index in [0.29, 0.717) is 17.1 Å². The Labute approximate surface area is 162 Å². The monoisotopic (exact) mass is 377 g/mol. The molecule has 1 amide bonds. The quantitative estimate of drug-likeness (QED) is 0.688. The van der Waals surface area contributed by atoms with Gasteiger partial charge in [0.15, 0.2) is 18.1 Å². The highest BCUT2D eigenvalue weighted by atomic mass is 16.7. The van der Waals surface area contributed by atoms with Crippen molar-refractivity contribution in [1.82, 2.24) is 5.32 Å². The van der Waals surface area contributed by atoms with Crippen molar-refractivity contribution in [2.45, 2.75) is 13.0 Å². The SMILES string of the molecule is C[C@H](NC(=O)COC(=O)c1ccc2c(c1)OCO2)c1cccc2ccccc12. The van der Waals surface area contributed by atoms with Gasteiger partial charge in [-0.2, -0.15) is 0 Å². The molecule has 0 saturated heterocycles. The number of ether oxygens (including phenoxy) is 3. The fourth-order valence-corrected chi connectivity index (χ4v) is 3.23. The standard InChI is InChI=1S/C22H19NO5/c1-14(17-8-4-6-15-5-2-3-7-18(15)17)23-21(24)12-26-22(25)16-9-10-19-20(11-16)28-13-27-19/h2-11,14H,12-13H2,1H3,(H,23,24)/t14-/m0/s1. The van der Waals surface area contributed by atoms with Crippen LogP contribution >= 0.6 is 0 Å². The molecule has 1 N–H and O–H groups in total. The van der Waals surface area contributed by atoms with Crippen LogP contribution in [-0.4, -0.2) is 25.3 Å². The summed E-state index contributed by atoms with van der Waals surface area (Å²) in [7, 11) is 0. The van der Waals surface area contributed by atoms with Crippen molar-refractivity contribution in [1.29, 1.82) is 0 Å². The molecule has 3 aromatic rings. The van der Waals surface area contributed by atoms with E-state index in [2.05, 4.69) is 5.32 Å². The van der Waals surface area contributed by atoms with Crippen LogP contribution < -0.4 is 14.8 Å². The second-order valence-electron chi connectivity index (χ2n) is 6.50. The van der Waals surface area contributed by atoms with Gasteiger partial charge in [-0.1, -0.05) is 42.5 Å². The van der Waals surface area contributed by atoms with Gasteiger partial charge in [0.1, 0.15) is 0 Å². The summed E-state index contributed by atoms with van der Waals surface area (Å²) in [5.74, 6) is 0.113. The Kier molecular flexibility index (Phi) is 4.85. The second kappa shape index (κ2) is 7.60. The maximum atomic E-state index is 12.3. The minimum atomic E-state index is -0.591. The van der Waals surface area contributed by atoms with Crippen LogP contribution in [-0.2, 0) is 9.53 Å². The Morgan fingerprint density at radius 2 is 1.82 bits per heavy atom. The molecule has 0 spiro atoms. The lowest BCUT2D eigenvalue weighted by molar-refractivity contribution is -0.124. The number of fused-ring (bicyclic) bond motifs is 2. The number of hydrogen-bond acceptors (Lipinski definition) is 5. The largest absolute Gasteiger partial charge is 0.454 e. The van der Waals surface area contributed by atoms with Crippen molar-refractivity contribution in [2.75, 3.05) is 13.4 Å². The zero-order valence-corrected chi connectivity index (χ0v) is 15.3. The van der Waals surface area contributed by atoms with Crippen LogP contribution in [0.5, 0.6) is 11.5 Å². The average Bonchev–Trinajstić information content (AvgIpc) is 3.19. The fraction of sp³-hybridized carbons (Fsp3) is 0.182. The fourth-order valence-electron chi connectivity index (χ4n) is 3.23. The van der Waals surface area contributed by atoms with E-state index in [0.717, 1.165) is 16.3 Å². The van der Waals surface area contributed by atoms with Crippen LogP contribution in [0.15, 0.2) is 60.7 Å². The van der Waals surface area contributed by atoms with E-state index in [4.69, 9.17) is 14.2 Å². The van der Waals surface area contributed by atoms with Crippen molar-refractivity contribution in [3.05, 3.63) is 71.8 Å². The normalized spacial score (nSPS) is 13.2. The van der Waals surface area contributed by atoms with Gasteiger partial charge < -0.3 is 19.5 Å². The van der Waals surface area contributed by atoms with Gasteiger partial charge in [0.05, 0.1) is 11.6 Å². The number of esters is 1. The van der Waals surface area contributed by atoms with Crippen molar-refractivity contribution in [2.24, 2.45) is 0 Å².